The van der Waals surface area contributed by atoms with Gasteiger partial charge >= 0.3 is 7.12 Å². The zero-order valence-electron chi connectivity index (χ0n) is 15.0. The normalized spacial score (nSPS) is 18.6. The first-order valence-corrected chi connectivity index (χ1v) is 7.94. The van der Waals surface area contributed by atoms with E-state index in [9.17, 15) is 0 Å². The third-order valence-corrected chi connectivity index (χ3v) is 3.88. The fraction of sp³-hybridized carbons (Fsp3) is 0.647. The maximum atomic E-state index is 6.01. The summed E-state index contributed by atoms with van der Waals surface area (Å²) in [5, 5.41) is 2.75. The molecule has 5 heteroatoms. The van der Waals surface area contributed by atoms with E-state index in [1.165, 1.54) is 0 Å². The molecule has 1 aromatic rings. The lowest BCUT2D eigenvalue weighted by molar-refractivity contribution is 0.00578. The average Bonchev–Trinajstić information content (AvgIpc) is 2.67. The van der Waals surface area contributed by atoms with Gasteiger partial charge in [0.2, 0.25) is 0 Å². The number of rotatable bonds is 4. The van der Waals surface area contributed by atoms with Crippen molar-refractivity contribution in [1.29, 1.82) is 0 Å². The Morgan fingerprint density at radius 1 is 1.00 bits per heavy atom. The Hall–Kier alpha value is -1.04. The van der Waals surface area contributed by atoms with E-state index < -0.39 is 0 Å². The molecule has 0 aromatic heterocycles. The molecule has 1 N–H and O–H groups in total. The van der Waals surface area contributed by atoms with E-state index in [-0.39, 0.29) is 18.3 Å². The molecule has 0 aliphatic carbocycles. The fourth-order valence-corrected chi connectivity index (χ4v) is 1.92. The van der Waals surface area contributed by atoms with Crippen LogP contribution < -0.4 is 15.5 Å². The minimum Gasteiger partial charge on any atom is -0.494 e. The van der Waals surface area contributed by atoms with Crippen LogP contribution in [-0.4, -0.2) is 39.0 Å². The van der Waals surface area contributed by atoms with Crippen LogP contribution in [0, 0.1) is 0 Å². The standard InChI is InChI=1S/C15H23BO3.C2H7N/c1-6-11-17-13-9-7-12(8-10-13)16-18-14(2,3)15(4,5)19-16;1-3-2/h7-10H,6,11H2,1-5H3;3H,1-2H3. The average molecular weight is 307 g/mol. The van der Waals surface area contributed by atoms with E-state index in [2.05, 4.69) is 39.9 Å². The van der Waals surface area contributed by atoms with E-state index in [1.54, 1.807) is 0 Å². The van der Waals surface area contributed by atoms with Crippen molar-refractivity contribution in [3.63, 3.8) is 0 Å². The molecular weight excluding hydrogens is 277 g/mol. The summed E-state index contributed by atoms with van der Waals surface area (Å²) in [6.45, 7) is 11.1. The van der Waals surface area contributed by atoms with E-state index in [0.29, 0.717) is 0 Å². The first kappa shape index (κ1) is 19.0. The van der Waals surface area contributed by atoms with Crippen LogP contribution in [0.2, 0.25) is 0 Å². The Balaban J connectivity index is 0.000000745. The SMILES string of the molecule is CCCOc1ccc(B2OC(C)(C)C(C)(C)O2)cc1.CNC. The van der Waals surface area contributed by atoms with Crippen molar-refractivity contribution in [3.05, 3.63) is 24.3 Å². The van der Waals surface area contributed by atoms with Gasteiger partial charge in [-0.05, 0) is 65.8 Å². The minimum absolute atomic E-state index is 0.297. The Bertz CT molecular complexity index is 430. The van der Waals surface area contributed by atoms with Crippen LogP contribution in [0.1, 0.15) is 41.0 Å². The maximum Gasteiger partial charge on any atom is 0.494 e. The lowest BCUT2D eigenvalue weighted by Gasteiger charge is -2.32. The fourth-order valence-electron chi connectivity index (χ4n) is 1.92. The predicted octanol–water partition coefficient (Wildman–Crippen LogP) is 2.61. The molecule has 1 fully saturated rings. The highest BCUT2D eigenvalue weighted by molar-refractivity contribution is 6.62. The summed E-state index contributed by atoms with van der Waals surface area (Å²) in [5.41, 5.74) is 0.437. The van der Waals surface area contributed by atoms with Crippen LogP contribution >= 0.6 is 0 Å². The Kier molecular flexibility index (Phi) is 6.91. The van der Waals surface area contributed by atoms with E-state index in [0.717, 1.165) is 24.2 Å². The molecule has 0 radical (unpaired) electrons. The molecule has 0 saturated carbocycles. The smallest absolute Gasteiger partial charge is 0.494 e. The number of nitrogens with one attached hydrogen (secondary N) is 1. The van der Waals surface area contributed by atoms with Crippen LogP contribution in [0.4, 0.5) is 0 Å². The third-order valence-electron chi connectivity index (χ3n) is 3.88. The van der Waals surface area contributed by atoms with Crippen molar-refractivity contribution < 1.29 is 14.0 Å². The minimum atomic E-state index is -0.301. The highest BCUT2D eigenvalue weighted by Gasteiger charge is 2.51. The summed E-state index contributed by atoms with van der Waals surface area (Å²) in [6, 6.07) is 7.95. The zero-order valence-corrected chi connectivity index (χ0v) is 15.0. The second-order valence-corrected chi connectivity index (χ2v) is 6.51. The van der Waals surface area contributed by atoms with Crippen LogP contribution in [0.3, 0.4) is 0 Å². The van der Waals surface area contributed by atoms with Crippen molar-refractivity contribution in [3.8, 4) is 5.75 Å². The predicted molar refractivity (Wildman–Crippen MR) is 92.9 cm³/mol. The zero-order chi connectivity index (χ0) is 16.8. The number of hydrogen-bond acceptors (Lipinski definition) is 4. The van der Waals surface area contributed by atoms with Crippen LogP contribution in [-0.2, 0) is 9.31 Å². The Morgan fingerprint density at radius 3 is 1.86 bits per heavy atom. The molecule has 2 rings (SSSR count). The quantitative estimate of drug-likeness (QED) is 0.868. The van der Waals surface area contributed by atoms with Crippen molar-refractivity contribution in [2.75, 3.05) is 20.7 Å². The highest BCUT2D eigenvalue weighted by Crippen LogP contribution is 2.36. The highest BCUT2D eigenvalue weighted by atomic mass is 16.7. The Labute approximate surface area is 135 Å². The van der Waals surface area contributed by atoms with Crippen molar-refractivity contribution in [2.24, 2.45) is 0 Å². The first-order chi connectivity index (χ1) is 10.3. The Morgan fingerprint density at radius 2 is 1.45 bits per heavy atom. The molecule has 1 saturated heterocycles. The third kappa shape index (κ3) is 4.73. The lowest BCUT2D eigenvalue weighted by atomic mass is 9.79. The van der Waals surface area contributed by atoms with Crippen molar-refractivity contribution in [1.82, 2.24) is 5.32 Å². The number of hydrogen-bond donors (Lipinski definition) is 1. The summed E-state index contributed by atoms with van der Waals surface area (Å²) < 4.78 is 17.6. The molecule has 124 valence electrons. The second kappa shape index (κ2) is 8.00. The van der Waals surface area contributed by atoms with Gasteiger partial charge in [0, 0.05) is 0 Å². The van der Waals surface area contributed by atoms with Gasteiger partial charge in [-0.25, -0.2) is 0 Å². The molecule has 0 unspecified atom stereocenters. The topological polar surface area (TPSA) is 39.7 Å². The molecule has 1 aliphatic rings. The molecule has 0 spiro atoms. The molecule has 4 nitrogen and oxygen atoms in total. The van der Waals surface area contributed by atoms with E-state index in [1.807, 2.05) is 38.4 Å². The van der Waals surface area contributed by atoms with Crippen LogP contribution in [0.5, 0.6) is 5.75 Å². The maximum absolute atomic E-state index is 6.01. The number of benzene rings is 1. The lowest BCUT2D eigenvalue weighted by Crippen LogP contribution is -2.41. The largest absolute Gasteiger partial charge is 0.494 e. The van der Waals surface area contributed by atoms with Gasteiger partial charge in [-0.1, -0.05) is 19.1 Å². The van der Waals surface area contributed by atoms with Crippen molar-refractivity contribution in [2.45, 2.75) is 52.2 Å². The monoisotopic (exact) mass is 307 g/mol. The summed E-state index contributed by atoms with van der Waals surface area (Å²) in [4.78, 5) is 0. The van der Waals surface area contributed by atoms with Gasteiger partial charge in [-0.15, -0.1) is 0 Å². The molecule has 0 amide bonds. The summed E-state index contributed by atoms with van der Waals surface area (Å²) in [5.74, 6) is 0.891. The van der Waals surface area contributed by atoms with Crippen LogP contribution in [0.15, 0.2) is 24.3 Å². The van der Waals surface area contributed by atoms with Crippen LogP contribution in [0.25, 0.3) is 0 Å². The molecule has 22 heavy (non-hydrogen) atoms. The van der Waals surface area contributed by atoms with Gasteiger partial charge in [0.1, 0.15) is 5.75 Å². The van der Waals surface area contributed by atoms with Gasteiger partial charge in [0.25, 0.3) is 0 Å². The van der Waals surface area contributed by atoms with Gasteiger partial charge in [0.15, 0.2) is 0 Å². The molecule has 1 aliphatic heterocycles. The van der Waals surface area contributed by atoms with E-state index >= 15 is 0 Å². The molecule has 1 heterocycles. The molecule has 1 aromatic carbocycles. The molecule has 0 bridgehead atoms. The van der Waals surface area contributed by atoms with E-state index in [4.69, 9.17) is 14.0 Å². The summed E-state index contributed by atoms with van der Waals surface area (Å²) >= 11 is 0. The molecule has 0 atom stereocenters. The number of ether oxygens (including phenoxy) is 1. The second-order valence-electron chi connectivity index (χ2n) is 6.51. The van der Waals surface area contributed by atoms with Gasteiger partial charge in [0.05, 0.1) is 17.8 Å². The van der Waals surface area contributed by atoms with Gasteiger partial charge in [-0.3, -0.25) is 0 Å². The summed E-state index contributed by atoms with van der Waals surface area (Å²) in [6.07, 6.45) is 1.01. The summed E-state index contributed by atoms with van der Waals surface area (Å²) in [7, 11) is 3.45. The molecular formula is C17H30BNO3. The van der Waals surface area contributed by atoms with Gasteiger partial charge in [-0.2, -0.15) is 0 Å². The van der Waals surface area contributed by atoms with Gasteiger partial charge < -0.3 is 19.4 Å². The first-order valence-electron chi connectivity index (χ1n) is 7.94. The van der Waals surface area contributed by atoms with Crippen molar-refractivity contribution >= 4 is 12.6 Å².